The lowest BCUT2D eigenvalue weighted by Crippen LogP contribution is -2.18. The highest BCUT2D eigenvalue weighted by molar-refractivity contribution is 5.68. The topological polar surface area (TPSA) is 88.7 Å². The monoisotopic (exact) mass is 291 g/mol. The van der Waals surface area contributed by atoms with Gasteiger partial charge in [0.05, 0.1) is 0 Å². The van der Waals surface area contributed by atoms with Crippen LogP contribution >= 0.6 is 0 Å². The van der Waals surface area contributed by atoms with Crippen LogP contribution in [0.3, 0.4) is 0 Å². The van der Waals surface area contributed by atoms with Crippen LogP contribution in [0.4, 0.5) is 0 Å². The predicted octanol–water partition coefficient (Wildman–Crippen LogP) is 1.47. The molecule has 112 valence electrons. The lowest BCUT2D eigenvalue weighted by atomic mass is 10.2. The van der Waals surface area contributed by atoms with Crippen molar-refractivity contribution in [2.45, 2.75) is 20.0 Å². The summed E-state index contributed by atoms with van der Waals surface area (Å²) < 4.78 is 9.75. The van der Waals surface area contributed by atoms with Crippen molar-refractivity contribution in [2.24, 2.45) is 0 Å². The van der Waals surface area contributed by atoms with Crippen LogP contribution in [-0.2, 0) is 17.9 Å². The SMILES string of the molecule is Cc1nonc1CN(C)Cc1ccc(OCC(=O)O)cc1. The second kappa shape index (κ2) is 6.85. The van der Waals surface area contributed by atoms with E-state index in [1.165, 1.54) is 0 Å². The number of ether oxygens (including phenoxy) is 1. The van der Waals surface area contributed by atoms with Crippen LogP contribution in [0, 0.1) is 6.92 Å². The van der Waals surface area contributed by atoms with Crippen molar-refractivity contribution in [2.75, 3.05) is 13.7 Å². The molecule has 0 saturated heterocycles. The van der Waals surface area contributed by atoms with Gasteiger partial charge >= 0.3 is 5.97 Å². The first-order chi connectivity index (χ1) is 10.0. The highest BCUT2D eigenvalue weighted by Crippen LogP contribution is 2.14. The Kier molecular flexibility index (Phi) is 4.89. The van der Waals surface area contributed by atoms with Crippen molar-refractivity contribution in [1.29, 1.82) is 0 Å². The number of nitrogens with zero attached hydrogens (tertiary/aromatic N) is 3. The van der Waals surface area contributed by atoms with E-state index in [0.717, 1.165) is 23.5 Å². The van der Waals surface area contributed by atoms with Gasteiger partial charge in [0.15, 0.2) is 6.61 Å². The van der Waals surface area contributed by atoms with Crippen LogP contribution in [0.25, 0.3) is 0 Å². The molecule has 0 aliphatic carbocycles. The zero-order valence-corrected chi connectivity index (χ0v) is 11.9. The molecule has 21 heavy (non-hydrogen) atoms. The molecule has 1 N–H and O–H groups in total. The smallest absolute Gasteiger partial charge is 0.341 e. The van der Waals surface area contributed by atoms with Gasteiger partial charge in [-0.05, 0) is 31.7 Å². The fraction of sp³-hybridized carbons (Fsp3) is 0.357. The number of rotatable bonds is 7. The average molecular weight is 291 g/mol. The average Bonchev–Trinajstić information content (AvgIpc) is 2.83. The van der Waals surface area contributed by atoms with Gasteiger partial charge in [0.25, 0.3) is 0 Å². The van der Waals surface area contributed by atoms with Crippen LogP contribution in [0.5, 0.6) is 5.75 Å². The number of hydrogen-bond donors (Lipinski definition) is 1. The largest absolute Gasteiger partial charge is 0.482 e. The zero-order chi connectivity index (χ0) is 15.2. The fourth-order valence-corrected chi connectivity index (χ4v) is 1.85. The van der Waals surface area contributed by atoms with Crippen LogP contribution in [0.15, 0.2) is 28.9 Å². The third-order valence-electron chi connectivity index (χ3n) is 2.90. The third-order valence-corrected chi connectivity index (χ3v) is 2.90. The lowest BCUT2D eigenvalue weighted by Gasteiger charge is -2.15. The molecule has 7 nitrogen and oxygen atoms in total. The molecule has 0 amide bonds. The normalized spacial score (nSPS) is 10.8. The van der Waals surface area contributed by atoms with E-state index < -0.39 is 5.97 Å². The molecule has 0 spiro atoms. The maximum atomic E-state index is 10.4. The van der Waals surface area contributed by atoms with Gasteiger partial charge in [0, 0.05) is 13.1 Å². The van der Waals surface area contributed by atoms with Crippen molar-refractivity contribution in [1.82, 2.24) is 15.2 Å². The van der Waals surface area contributed by atoms with E-state index >= 15 is 0 Å². The minimum absolute atomic E-state index is 0.336. The van der Waals surface area contributed by atoms with E-state index in [4.69, 9.17) is 9.84 Å². The summed E-state index contributed by atoms with van der Waals surface area (Å²) in [5.74, 6) is -0.448. The molecule has 0 fully saturated rings. The Labute approximate surface area is 122 Å². The highest BCUT2D eigenvalue weighted by atomic mass is 16.6. The molecule has 0 aliphatic rings. The van der Waals surface area contributed by atoms with Gasteiger partial charge in [-0.25, -0.2) is 9.42 Å². The standard InChI is InChI=1S/C14H17N3O4/c1-10-13(16-21-15-10)8-17(2)7-11-3-5-12(6-4-11)20-9-14(18)19/h3-6H,7-9H2,1-2H3,(H,18,19). The number of aliphatic carboxylic acids is 1. The minimum Gasteiger partial charge on any atom is -0.482 e. The van der Waals surface area contributed by atoms with E-state index in [-0.39, 0.29) is 6.61 Å². The first-order valence-electron chi connectivity index (χ1n) is 6.44. The number of carbonyl (C=O) groups is 1. The van der Waals surface area contributed by atoms with Crippen LogP contribution < -0.4 is 4.74 Å². The summed E-state index contributed by atoms with van der Waals surface area (Å²) in [6, 6.07) is 7.33. The molecule has 7 heteroatoms. The predicted molar refractivity (Wildman–Crippen MR) is 73.8 cm³/mol. The molecule has 2 aromatic rings. The van der Waals surface area contributed by atoms with Crippen molar-refractivity contribution in [3.63, 3.8) is 0 Å². The summed E-state index contributed by atoms with van der Waals surface area (Å²) in [7, 11) is 1.98. The Morgan fingerprint density at radius 1 is 1.29 bits per heavy atom. The molecule has 0 saturated carbocycles. The summed E-state index contributed by atoms with van der Waals surface area (Å²) in [6.07, 6.45) is 0. The molecule has 2 rings (SSSR count). The van der Waals surface area contributed by atoms with Crippen LogP contribution in [0.1, 0.15) is 17.0 Å². The zero-order valence-electron chi connectivity index (χ0n) is 11.9. The number of benzene rings is 1. The summed E-state index contributed by atoms with van der Waals surface area (Å²) in [5, 5.41) is 16.1. The summed E-state index contributed by atoms with van der Waals surface area (Å²) in [6.45, 7) is 2.89. The molecule has 1 aromatic carbocycles. The van der Waals surface area contributed by atoms with Gasteiger partial charge in [-0.3, -0.25) is 4.90 Å². The van der Waals surface area contributed by atoms with Crippen molar-refractivity contribution in [3.8, 4) is 5.75 Å². The molecule has 0 unspecified atom stereocenters. The van der Waals surface area contributed by atoms with Gasteiger partial charge < -0.3 is 9.84 Å². The molecular weight excluding hydrogens is 274 g/mol. The van der Waals surface area contributed by atoms with E-state index in [0.29, 0.717) is 12.3 Å². The van der Waals surface area contributed by atoms with Crippen LogP contribution in [-0.4, -0.2) is 39.9 Å². The Bertz CT molecular complexity index is 595. The Hall–Kier alpha value is -2.41. The molecule has 1 aromatic heterocycles. The lowest BCUT2D eigenvalue weighted by molar-refractivity contribution is -0.139. The number of carboxylic acids is 1. The van der Waals surface area contributed by atoms with E-state index in [2.05, 4.69) is 19.8 Å². The van der Waals surface area contributed by atoms with Crippen molar-refractivity contribution in [3.05, 3.63) is 41.2 Å². The Morgan fingerprint density at radius 2 is 2.00 bits per heavy atom. The number of aromatic nitrogens is 2. The first-order valence-corrected chi connectivity index (χ1v) is 6.44. The second-order valence-electron chi connectivity index (χ2n) is 4.79. The number of hydrogen-bond acceptors (Lipinski definition) is 6. The third kappa shape index (κ3) is 4.57. The molecule has 0 radical (unpaired) electrons. The Morgan fingerprint density at radius 3 is 2.57 bits per heavy atom. The molecule has 0 bridgehead atoms. The maximum absolute atomic E-state index is 10.4. The molecular formula is C14H17N3O4. The molecule has 1 heterocycles. The van der Waals surface area contributed by atoms with Crippen LogP contribution in [0.2, 0.25) is 0 Å². The van der Waals surface area contributed by atoms with E-state index in [1.807, 2.05) is 26.1 Å². The van der Waals surface area contributed by atoms with Gasteiger partial charge in [-0.2, -0.15) is 0 Å². The van der Waals surface area contributed by atoms with E-state index in [1.54, 1.807) is 12.1 Å². The first kappa shape index (κ1) is 15.0. The second-order valence-corrected chi connectivity index (χ2v) is 4.79. The summed E-state index contributed by atoms with van der Waals surface area (Å²) in [4.78, 5) is 12.5. The van der Waals surface area contributed by atoms with Crippen molar-refractivity contribution < 1.29 is 19.3 Å². The number of aryl methyl sites for hydroxylation is 1. The number of carboxylic acid groups (broad SMARTS) is 1. The molecule has 0 atom stereocenters. The fourth-order valence-electron chi connectivity index (χ4n) is 1.85. The van der Waals surface area contributed by atoms with Gasteiger partial charge in [0.1, 0.15) is 17.1 Å². The van der Waals surface area contributed by atoms with Crippen molar-refractivity contribution >= 4 is 5.97 Å². The van der Waals surface area contributed by atoms with Gasteiger partial charge in [0.2, 0.25) is 0 Å². The quantitative estimate of drug-likeness (QED) is 0.826. The van der Waals surface area contributed by atoms with E-state index in [9.17, 15) is 4.79 Å². The minimum atomic E-state index is -0.990. The summed E-state index contributed by atoms with van der Waals surface area (Å²) >= 11 is 0. The molecule has 0 aliphatic heterocycles. The van der Waals surface area contributed by atoms with Gasteiger partial charge in [-0.1, -0.05) is 22.4 Å². The Balaban J connectivity index is 1.87. The van der Waals surface area contributed by atoms with Gasteiger partial charge in [-0.15, -0.1) is 0 Å². The highest BCUT2D eigenvalue weighted by Gasteiger charge is 2.09. The summed E-state index contributed by atoms with van der Waals surface area (Å²) in [5.41, 5.74) is 2.70. The maximum Gasteiger partial charge on any atom is 0.341 e.